The molecule has 0 aliphatic heterocycles. The topological polar surface area (TPSA) is 95.9 Å². The van der Waals surface area contributed by atoms with Gasteiger partial charge in [-0.15, -0.1) is 0 Å². The highest BCUT2D eigenvalue weighted by Gasteiger charge is 2.19. The zero-order valence-corrected chi connectivity index (χ0v) is 16.1. The normalized spacial score (nSPS) is 11.8. The quantitative estimate of drug-likeness (QED) is 0.421. The highest BCUT2D eigenvalue weighted by atomic mass is 16.5. The van der Waals surface area contributed by atoms with Crippen molar-refractivity contribution in [1.29, 1.82) is 0 Å². The fourth-order valence-corrected chi connectivity index (χ4v) is 3.12. The Hall–Kier alpha value is -3.54. The molecule has 0 bridgehead atoms. The second-order valence-corrected chi connectivity index (χ2v) is 6.91. The number of aryl methyl sites for hydroxylation is 1. The van der Waals surface area contributed by atoms with Gasteiger partial charge in [0.2, 0.25) is 0 Å². The summed E-state index contributed by atoms with van der Waals surface area (Å²) in [6.45, 7) is 1.41. The minimum absolute atomic E-state index is 0.0838. The predicted octanol–water partition coefficient (Wildman–Crippen LogP) is 3.55. The molecule has 0 aliphatic rings. The number of esters is 1. The molecule has 6 heteroatoms. The van der Waals surface area contributed by atoms with Crippen LogP contribution in [-0.4, -0.2) is 34.7 Å². The van der Waals surface area contributed by atoms with Crippen molar-refractivity contribution in [3.63, 3.8) is 0 Å². The van der Waals surface area contributed by atoms with Crippen molar-refractivity contribution in [2.45, 2.75) is 25.8 Å². The number of hydrogen-bond acceptors (Lipinski definition) is 5. The van der Waals surface area contributed by atoms with E-state index >= 15 is 0 Å². The van der Waals surface area contributed by atoms with E-state index in [0.717, 1.165) is 18.9 Å². The Kier molecular flexibility index (Phi) is 6.34. The highest BCUT2D eigenvalue weighted by Crippen LogP contribution is 2.35. The molecule has 3 aromatic rings. The standard InChI is InChI=1S/C23H23NO5/c1-15(11-12-16-7-3-2-4-8-16)24-21(26)14-29-23(28)19-13-20(25)17-9-5-6-10-18(17)22(19)27/h2-10,13,15,25,27H,11-12,14H2,1H3,(H,24,26)/t15-/m0/s1. The maximum atomic E-state index is 12.3. The van der Waals surface area contributed by atoms with Crippen LogP contribution in [0.2, 0.25) is 0 Å². The summed E-state index contributed by atoms with van der Waals surface area (Å²) in [5, 5.41) is 23.9. The minimum atomic E-state index is -0.879. The van der Waals surface area contributed by atoms with E-state index in [-0.39, 0.29) is 23.1 Å². The first-order valence-electron chi connectivity index (χ1n) is 9.40. The Morgan fingerprint density at radius 1 is 1.00 bits per heavy atom. The molecule has 6 nitrogen and oxygen atoms in total. The fourth-order valence-electron chi connectivity index (χ4n) is 3.12. The maximum Gasteiger partial charge on any atom is 0.342 e. The zero-order valence-electron chi connectivity index (χ0n) is 16.1. The van der Waals surface area contributed by atoms with Crippen molar-refractivity contribution >= 4 is 22.6 Å². The van der Waals surface area contributed by atoms with E-state index < -0.39 is 18.5 Å². The highest BCUT2D eigenvalue weighted by molar-refractivity contribution is 6.04. The molecule has 0 saturated heterocycles. The monoisotopic (exact) mass is 393 g/mol. The van der Waals surface area contributed by atoms with Crippen molar-refractivity contribution in [2.75, 3.05) is 6.61 Å². The van der Waals surface area contributed by atoms with Gasteiger partial charge in [-0.2, -0.15) is 0 Å². The van der Waals surface area contributed by atoms with Crippen LogP contribution in [0.4, 0.5) is 0 Å². The number of fused-ring (bicyclic) bond motifs is 1. The summed E-state index contributed by atoms with van der Waals surface area (Å²) in [6.07, 6.45) is 1.58. The molecule has 29 heavy (non-hydrogen) atoms. The molecular formula is C23H23NO5. The molecule has 3 aromatic carbocycles. The van der Waals surface area contributed by atoms with Gasteiger partial charge < -0.3 is 20.3 Å². The van der Waals surface area contributed by atoms with Gasteiger partial charge in [0, 0.05) is 16.8 Å². The van der Waals surface area contributed by atoms with Gasteiger partial charge in [0.1, 0.15) is 17.1 Å². The zero-order chi connectivity index (χ0) is 20.8. The smallest absolute Gasteiger partial charge is 0.342 e. The number of nitrogens with one attached hydrogen (secondary N) is 1. The van der Waals surface area contributed by atoms with Crippen LogP contribution in [0.25, 0.3) is 10.8 Å². The lowest BCUT2D eigenvalue weighted by Crippen LogP contribution is -2.36. The van der Waals surface area contributed by atoms with Crippen molar-refractivity contribution in [2.24, 2.45) is 0 Å². The van der Waals surface area contributed by atoms with Gasteiger partial charge in [-0.3, -0.25) is 4.79 Å². The Labute approximate surface area is 168 Å². The molecule has 0 aliphatic carbocycles. The third kappa shape index (κ3) is 5.04. The van der Waals surface area contributed by atoms with Crippen LogP contribution in [0.1, 0.15) is 29.3 Å². The lowest BCUT2D eigenvalue weighted by Gasteiger charge is -2.14. The summed E-state index contributed by atoms with van der Waals surface area (Å²) >= 11 is 0. The molecule has 0 saturated carbocycles. The van der Waals surface area contributed by atoms with E-state index in [0.29, 0.717) is 10.8 Å². The van der Waals surface area contributed by atoms with Crippen molar-refractivity contribution in [3.8, 4) is 11.5 Å². The van der Waals surface area contributed by atoms with Crippen LogP contribution in [-0.2, 0) is 16.0 Å². The SMILES string of the molecule is C[C@@H](CCc1ccccc1)NC(=O)COC(=O)c1cc(O)c2ccccc2c1O. The number of benzene rings is 3. The van der Waals surface area contributed by atoms with E-state index in [1.807, 2.05) is 37.3 Å². The third-order valence-corrected chi connectivity index (χ3v) is 4.66. The van der Waals surface area contributed by atoms with E-state index in [4.69, 9.17) is 4.74 Å². The van der Waals surface area contributed by atoms with Crippen LogP contribution >= 0.6 is 0 Å². The second-order valence-electron chi connectivity index (χ2n) is 6.91. The van der Waals surface area contributed by atoms with E-state index in [1.54, 1.807) is 24.3 Å². The Bertz CT molecular complexity index is 1020. The third-order valence-electron chi connectivity index (χ3n) is 4.66. The first-order chi connectivity index (χ1) is 14.0. The molecule has 0 radical (unpaired) electrons. The average Bonchev–Trinajstić information content (AvgIpc) is 2.74. The van der Waals surface area contributed by atoms with Crippen molar-refractivity contribution in [3.05, 3.63) is 71.8 Å². The van der Waals surface area contributed by atoms with Gasteiger partial charge in [-0.1, -0.05) is 54.6 Å². The summed E-state index contributed by atoms with van der Waals surface area (Å²) < 4.78 is 5.02. The fraction of sp³-hybridized carbons (Fsp3) is 0.217. The molecule has 3 rings (SSSR count). The number of carbonyl (C=O) groups is 2. The molecule has 0 spiro atoms. The largest absolute Gasteiger partial charge is 0.507 e. The molecular weight excluding hydrogens is 370 g/mol. The maximum absolute atomic E-state index is 12.3. The molecule has 3 N–H and O–H groups in total. The summed E-state index contributed by atoms with van der Waals surface area (Å²) in [7, 11) is 0. The van der Waals surface area contributed by atoms with E-state index in [1.165, 1.54) is 5.56 Å². The summed E-state index contributed by atoms with van der Waals surface area (Å²) in [6, 6.07) is 17.6. The Morgan fingerprint density at radius 2 is 1.66 bits per heavy atom. The average molecular weight is 393 g/mol. The molecule has 0 unspecified atom stereocenters. The number of phenolic OH excluding ortho intramolecular Hbond substituents is 2. The van der Waals surface area contributed by atoms with E-state index in [2.05, 4.69) is 5.32 Å². The summed E-state index contributed by atoms with van der Waals surface area (Å²) in [4.78, 5) is 24.4. The molecule has 0 heterocycles. The van der Waals surface area contributed by atoms with Crippen LogP contribution in [0.5, 0.6) is 11.5 Å². The van der Waals surface area contributed by atoms with Gasteiger partial charge in [-0.05, 0) is 31.4 Å². The second kappa shape index (κ2) is 9.10. The first kappa shape index (κ1) is 20.2. The molecule has 0 fully saturated rings. The van der Waals surface area contributed by atoms with E-state index in [9.17, 15) is 19.8 Å². The van der Waals surface area contributed by atoms with Crippen LogP contribution in [0.15, 0.2) is 60.7 Å². The first-order valence-corrected chi connectivity index (χ1v) is 9.40. The number of aromatic hydroxyl groups is 2. The van der Waals surface area contributed by atoms with Crippen LogP contribution in [0, 0.1) is 0 Å². The Morgan fingerprint density at radius 3 is 2.38 bits per heavy atom. The number of amides is 1. The van der Waals surface area contributed by atoms with Gasteiger partial charge in [0.15, 0.2) is 6.61 Å². The number of ether oxygens (including phenoxy) is 1. The lowest BCUT2D eigenvalue weighted by molar-refractivity contribution is -0.124. The van der Waals surface area contributed by atoms with Gasteiger partial charge in [0.25, 0.3) is 5.91 Å². The van der Waals surface area contributed by atoms with Crippen molar-refractivity contribution in [1.82, 2.24) is 5.32 Å². The molecule has 1 atom stereocenters. The van der Waals surface area contributed by atoms with Gasteiger partial charge in [-0.25, -0.2) is 4.79 Å². The van der Waals surface area contributed by atoms with Crippen LogP contribution in [0.3, 0.4) is 0 Å². The molecule has 0 aromatic heterocycles. The molecule has 150 valence electrons. The number of hydrogen-bond donors (Lipinski definition) is 3. The lowest BCUT2D eigenvalue weighted by atomic mass is 10.0. The minimum Gasteiger partial charge on any atom is -0.507 e. The number of phenols is 2. The van der Waals surface area contributed by atoms with Gasteiger partial charge in [0.05, 0.1) is 0 Å². The molecule has 1 amide bonds. The summed E-state index contributed by atoms with van der Waals surface area (Å²) in [5.41, 5.74) is 0.998. The predicted molar refractivity (Wildman–Crippen MR) is 110 cm³/mol. The van der Waals surface area contributed by atoms with Gasteiger partial charge >= 0.3 is 5.97 Å². The van der Waals surface area contributed by atoms with Crippen LogP contribution < -0.4 is 5.32 Å². The number of carbonyl (C=O) groups excluding carboxylic acids is 2. The number of rotatable bonds is 7. The Balaban J connectivity index is 1.54. The summed E-state index contributed by atoms with van der Waals surface area (Å²) in [5.74, 6) is -1.75. The van der Waals surface area contributed by atoms with Crippen molar-refractivity contribution < 1.29 is 24.5 Å².